The molecule has 0 aromatic carbocycles. The third-order valence-electron chi connectivity index (χ3n) is 13.5. The highest BCUT2D eigenvalue weighted by Gasteiger charge is 2.68. The zero-order valence-corrected chi connectivity index (χ0v) is 22.8. The lowest BCUT2D eigenvalue weighted by Gasteiger charge is -2.71. The van der Waals surface area contributed by atoms with Crippen LogP contribution in [0.25, 0.3) is 0 Å². The third kappa shape index (κ3) is 2.85. The molecule has 0 unspecified atom stereocenters. The molecule has 5 aliphatic carbocycles. The van der Waals surface area contributed by atoms with Gasteiger partial charge in [0.05, 0.1) is 6.10 Å². The maximum absolute atomic E-state index is 12.6. The first-order valence-corrected chi connectivity index (χ1v) is 14.1. The van der Waals surface area contributed by atoms with Gasteiger partial charge in [0.1, 0.15) is 6.29 Å². The molecular formula is C31H50O2. The quantitative estimate of drug-likeness (QED) is 0.313. The van der Waals surface area contributed by atoms with E-state index in [2.05, 4.69) is 54.5 Å². The first-order chi connectivity index (χ1) is 15.4. The maximum Gasteiger partial charge on any atom is 0.126 e. The second-order valence-corrected chi connectivity index (χ2v) is 14.6. The Morgan fingerprint density at radius 3 is 2.30 bits per heavy atom. The van der Waals surface area contributed by atoms with E-state index in [-0.39, 0.29) is 16.2 Å². The summed E-state index contributed by atoms with van der Waals surface area (Å²) in [6, 6.07) is 0. The lowest BCUT2D eigenvalue weighted by atomic mass is 9.33. The standard InChI is InChI=1S/C31H50O2/c1-20-11-16-31(19-32)18-17-29(6)22(26(31)21(20)2)9-10-24-28(5)14-13-25(33-8)27(3,4)23(28)12-15-30(24,29)7/h9,19-21,23-26H,10-18H2,1-8H3/t20-,21+,23+,24-,25-,26+,28+,29-,30-,31-/m1/s1. The average molecular weight is 455 g/mol. The van der Waals surface area contributed by atoms with Gasteiger partial charge in [0.15, 0.2) is 0 Å². The van der Waals surface area contributed by atoms with Gasteiger partial charge in [0.2, 0.25) is 0 Å². The Labute approximate surface area is 203 Å². The molecule has 33 heavy (non-hydrogen) atoms. The maximum atomic E-state index is 12.6. The molecule has 0 radical (unpaired) electrons. The van der Waals surface area contributed by atoms with Crippen molar-refractivity contribution in [2.75, 3.05) is 7.11 Å². The molecule has 0 heterocycles. The highest BCUT2D eigenvalue weighted by molar-refractivity contribution is 5.63. The predicted octanol–water partition coefficient (Wildman–Crippen LogP) is 7.86. The van der Waals surface area contributed by atoms with Crippen LogP contribution in [-0.2, 0) is 9.53 Å². The summed E-state index contributed by atoms with van der Waals surface area (Å²) < 4.78 is 6.03. The van der Waals surface area contributed by atoms with Crippen molar-refractivity contribution in [3.05, 3.63) is 11.6 Å². The van der Waals surface area contributed by atoms with Crippen LogP contribution in [0.5, 0.6) is 0 Å². The Balaban J connectivity index is 1.59. The largest absolute Gasteiger partial charge is 0.381 e. The summed E-state index contributed by atoms with van der Waals surface area (Å²) in [5.41, 5.74) is 2.77. The number of methoxy groups -OCH3 is 1. The number of carbonyl (C=O) groups excluding carboxylic acids is 1. The van der Waals surface area contributed by atoms with E-state index in [1.54, 1.807) is 5.57 Å². The zero-order chi connectivity index (χ0) is 24.0. The van der Waals surface area contributed by atoms with Crippen LogP contribution in [0.1, 0.15) is 106 Å². The Hall–Kier alpha value is -0.630. The minimum atomic E-state index is -0.0971. The normalized spacial score (nSPS) is 55.3. The van der Waals surface area contributed by atoms with Crippen LogP contribution in [0.15, 0.2) is 11.6 Å². The van der Waals surface area contributed by atoms with Crippen LogP contribution in [0.4, 0.5) is 0 Å². The van der Waals surface area contributed by atoms with E-state index in [1.807, 2.05) is 7.11 Å². The molecular weight excluding hydrogens is 404 g/mol. The zero-order valence-electron chi connectivity index (χ0n) is 22.8. The topological polar surface area (TPSA) is 26.3 Å². The van der Waals surface area contributed by atoms with Crippen molar-refractivity contribution < 1.29 is 9.53 Å². The Morgan fingerprint density at radius 2 is 1.64 bits per heavy atom. The van der Waals surface area contributed by atoms with E-state index in [1.165, 1.54) is 51.2 Å². The minimum absolute atomic E-state index is 0.0971. The summed E-state index contributed by atoms with van der Waals surface area (Å²) in [7, 11) is 1.92. The molecule has 0 amide bonds. The Bertz CT molecular complexity index is 842. The van der Waals surface area contributed by atoms with Gasteiger partial charge in [-0.3, -0.25) is 0 Å². The highest BCUT2D eigenvalue weighted by atomic mass is 16.5. The molecule has 10 atom stereocenters. The molecule has 0 aromatic heterocycles. The van der Waals surface area contributed by atoms with Crippen molar-refractivity contribution in [1.29, 1.82) is 0 Å². The highest BCUT2D eigenvalue weighted by Crippen LogP contribution is 2.75. The summed E-state index contributed by atoms with van der Waals surface area (Å²) in [6.07, 6.45) is 15.5. The number of fused-ring (bicyclic) bond motifs is 7. The molecule has 4 fully saturated rings. The number of hydrogen-bond acceptors (Lipinski definition) is 2. The van der Waals surface area contributed by atoms with Crippen LogP contribution in [0.3, 0.4) is 0 Å². The van der Waals surface area contributed by atoms with Crippen LogP contribution in [-0.4, -0.2) is 19.5 Å². The van der Waals surface area contributed by atoms with Gasteiger partial charge >= 0.3 is 0 Å². The van der Waals surface area contributed by atoms with E-state index in [9.17, 15) is 4.79 Å². The first kappa shape index (κ1) is 24.1. The van der Waals surface area contributed by atoms with Crippen LogP contribution >= 0.6 is 0 Å². The van der Waals surface area contributed by atoms with E-state index >= 15 is 0 Å². The van der Waals surface area contributed by atoms with E-state index < -0.39 is 0 Å². The molecule has 186 valence electrons. The smallest absolute Gasteiger partial charge is 0.126 e. The number of carbonyl (C=O) groups is 1. The molecule has 4 saturated carbocycles. The summed E-state index contributed by atoms with van der Waals surface area (Å²) >= 11 is 0. The Kier molecular flexibility index (Phi) is 5.43. The SMILES string of the molecule is CO[C@@H]1CC[C@]2(C)[C@H]3CC=C4[C@@H]5[C@@H](C)[C@H](C)CC[C@]5(C=O)CC[C@@]4(C)[C@]3(C)CC[C@H]2C1(C)C. The predicted molar refractivity (Wildman–Crippen MR) is 136 cm³/mol. The fourth-order valence-electron chi connectivity index (χ4n) is 11.2. The van der Waals surface area contributed by atoms with Crippen molar-refractivity contribution >= 4 is 6.29 Å². The van der Waals surface area contributed by atoms with Gasteiger partial charge in [-0.05, 0) is 109 Å². The van der Waals surface area contributed by atoms with Gasteiger partial charge in [-0.25, -0.2) is 0 Å². The van der Waals surface area contributed by atoms with E-state index in [0.717, 1.165) is 30.6 Å². The fourth-order valence-corrected chi connectivity index (χ4v) is 11.2. The van der Waals surface area contributed by atoms with Gasteiger partial charge < -0.3 is 9.53 Å². The summed E-state index contributed by atoms with van der Waals surface area (Å²) in [6.45, 7) is 17.8. The van der Waals surface area contributed by atoms with Crippen LogP contribution in [0.2, 0.25) is 0 Å². The lowest BCUT2D eigenvalue weighted by molar-refractivity contribution is -0.207. The van der Waals surface area contributed by atoms with Crippen molar-refractivity contribution in [1.82, 2.24) is 0 Å². The molecule has 2 heteroatoms. The molecule has 2 nitrogen and oxygen atoms in total. The number of allylic oxidation sites excluding steroid dienone is 2. The summed E-state index contributed by atoms with van der Waals surface area (Å²) in [5, 5.41) is 0. The van der Waals surface area contributed by atoms with E-state index in [4.69, 9.17) is 4.74 Å². The van der Waals surface area contributed by atoms with Crippen molar-refractivity contribution in [3.8, 4) is 0 Å². The fraction of sp³-hybridized carbons (Fsp3) is 0.903. The van der Waals surface area contributed by atoms with E-state index in [0.29, 0.717) is 28.8 Å². The van der Waals surface area contributed by atoms with Crippen LogP contribution < -0.4 is 0 Å². The number of ether oxygens (including phenoxy) is 1. The van der Waals surface area contributed by atoms with Gasteiger partial charge in [-0.2, -0.15) is 0 Å². The molecule has 0 N–H and O–H groups in total. The van der Waals surface area contributed by atoms with Gasteiger partial charge in [0, 0.05) is 12.5 Å². The Morgan fingerprint density at radius 1 is 0.909 bits per heavy atom. The van der Waals surface area contributed by atoms with Gasteiger partial charge in [0.25, 0.3) is 0 Å². The average Bonchev–Trinajstić information content (AvgIpc) is 2.76. The monoisotopic (exact) mass is 454 g/mol. The second kappa shape index (κ2) is 7.44. The van der Waals surface area contributed by atoms with Crippen LogP contribution in [0, 0.1) is 56.7 Å². The summed E-state index contributed by atoms with van der Waals surface area (Å²) in [5.74, 6) is 3.25. The number of aldehydes is 1. The van der Waals surface area contributed by atoms with Gasteiger partial charge in [-0.15, -0.1) is 0 Å². The second-order valence-electron chi connectivity index (χ2n) is 14.6. The number of rotatable bonds is 2. The lowest BCUT2D eigenvalue weighted by Crippen LogP contribution is -2.65. The first-order valence-electron chi connectivity index (χ1n) is 14.1. The molecule has 0 aromatic rings. The third-order valence-corrected chi connectivity index (χ3v) is 13.5. The summed E-state index contributed by atoms with van der Waals surface area (Å²) in [4.78, 5) is 12.6. The van der Waals surface area contributed by atoms with Gasteiger partial charge in [-0.1, -0.05) is 60.1 Å². The molecule has 5 rings (SSSR count). The van der Waals surface area contributed by atoms with Crippen molar-refractivity contribution in [2.24, 2.45) is 56.7 Å². The molecule has 0 bridgehead atoms. The molecule has 0 aliphatic heterocycles. The molecule has 0 spiro atoms. The van der Waals surface area contributed by atoms with Crippen molar-refractivity contribution in [3.63, 3.8) is 0 Å². The molecule has 5 aliphatic rings. The minimum Gasteiger partial charge on any atom is -0.381 e. The van der Waals surface area contributed by atoms with Crippen molar-refractivity contribution in [2.45, 2.75) is 112 Å². The molecule has 0 saturated heterocycles. The number of hydrogen-bond donors (Lipinski definition) is 0.